The summed E-state index contributed by atoms with van der Waals surface area (Å²) < 4.78 is 0. The van der Waals surface area contributed by atoms with Gasteiger partial charge < -0.3 is 9.97 Å². The fraction of sp³-hybridized carbons (Fsp3) is 0.429. The number of hydrogen-bond donors (Lipinski definition) is 2. The number of H-pyrrole nitrogens is 2. The molecule has 62 valence electrons. The molecule has 0 saturated heterocycles. The van der Waals surface area contributed by atoms with Crippen LogP contribution in [0.15, 0.2) is 16.0 Å². The second-order valence-electron chi connectivity index (χ2n) is 2.58. The van der Waals surface area contributed by atoms with Gasteiger partial charge >= 0.3 is 5.69 Å². The van der Waals surface area contributed by atoms with Crippen LogP contribution in [-0.2, 0) is 0 Å². The fourth-order valence-corrected chi connectivity index (χ4v) is 1.65. The molecule has 1 aromatic heterocycles. The summed E-state index contributed by atoms with van der Waals surface area (Å²) >= 11 is 0. The summed E-state index contributed by atoms with van der Waals surface area (Å²) in [5, 5.41) is 1.38. The van der Waals surface area contributed by atoms with E-state index in [1.54, 1.807) is 6.20 Å². The van der Waals surface area contributed by atoms with Crippen molar-refractivity contribution in [2.45, 2.75) is 24.1 Å². The predicted octanol–water partition coefficient (Wildman–Crippen LogP) is 1.17. The minimum atomic E-state index is -0.151. The van der Waals surface area contributed by atoms with Gasteiger partial charge in [-0.15, -0.1) is 10.5 Å². The van der Waals surface area contributed by atoms with E-state index >= 15 is 0 Å². The van der Waals surface area contributed by atoms with Gasteiger partial charge in [-0.05, 0) is 5.25 Å². The van der Waals surface area contributed by atoms with Crippen molar-refractivity contribution in [3.05, 3.63) is 16.7 Å². The Labute approximate surface area is 67.8 Å². The molecule has 0 amide bonds. The van der Waals surface area contributed by atoms with Gasteiger partial charge in [0.1, 0.15) is 0 Å². The maximum absolute atomic E-state index is 10.7. The van der Waals surface area contributed by atoms with Crippen LogP contribution in [-0.4, -0.2) is 21.1 Å². The van der Waals surface area contributed by atoms with E-state index in [2.05, 4.69) is 29.7 Å². The first kappa shape index (κ1) is 8.33. The van der Waals surface area contributed by atoms with Gasteiger partial charge in [-0.3, -0.25) is 0 Å². The molecule has 0 aliphatic rings. The SMILES string of the molecule is C=S(c1c[nH]c(=O)[nH]1)C(C)C. The molecule has 0 bridgehead atoms. The second kappa shape index (κ2) is 3.09. The molecule has 0 saturated carbocycles. The van der Waals surface area contributed by atoms with Gasteiger partial charge in [0.25, 0.3) is 0 Å². The highest BCUT2D eigenvalue weighted by Gasteiger charge is 2.02. The molecule has 11 heavy (non-hydrogen) atoms. The molecule has 1 unspecified atom stereocenters. The van der Waals surface area contributed by atoms with E-state index in [9.17, 15) is 4.79 Å². The van der Waals surface area contributed by atoms with Crippen molar-refractivity contribution in [1.29, 1.82) is 0 Å². The molecule has 1 atom stereocenters. The zero-order valence-corrected chi connectivity index (χ0v) is 7.49. The van der Waals surface area contributed by atoms with E-state index in [1.807, 2.05) is 0 Å². The highest BCUT2D eigenvalue weighted by atomic mass is 32.2. The maximum Gasteiger partial charge on any atom is 0.323 e. The zero-order chi connectivity index (χ0) is 8.43. The lowest BCUT2D eigenvalue weighted by molar-refractivity contribution is 1.07. The Morgan fingerprint density at radius 1 is 1.64 bits per heavy atom. The lowest BCUT2D eigenvalue weighted by Crippen LogP contribution is -2.00. The van der Waals surface area contributed by atoms with Crippen LogP contribution in [0.2, 0.25) is 0 Å². The number of nitrogens with one attached hydrogen (secondary N) is 2. The van der Waals surface area contributed by atoms with Crippen LogP contribution >= 0.6 is 10.5 Å². The highest BCUT2D eigenvalue weighted by Crippen LogP contribution is 2.25. The van der Waals surface area contributed by atoms with Crippen molar-refractivity contribution in [3.8, 4) is 0 Å². The predicted molar refractivity (Wildman–Crippen MR) is 49.5 cm³/mol. The highest BCUT2D eigenvalue weighted by molar-refractivity contribution is 8.14. The topological polar surface area (TPSA) is 48.6 Å². The molecule has 0 aromatic carbocycles. The third kappa shape index (κ3) is 1.83. The van der Waals surface area contributed by atoms with Crippen LogP contribution in [0.25, 0.3) is 0 Å². The van der Waals surface area contributed by atoms with Gasteiger partial charge in [-0.1, -0.05) is 19.7 Å². The standard InChI is InChI=1S/C7H12N2OS/c1-5(2)11(3)6-4-8-7(10)9-6/h4-5H,3H2,1-2H3,(H2,8,9,10). The third-order valence-electron chi connectivity index (χ3n) is 1.42. The van der Waals surface area contributed by atoms with Gasteiger partial charge in [0.2, 0.25) is 0 Å². The fourth-order valence-electron chi connectivity index (χ4n) is 0.710. The molecule has 4 heteroatoms. The number of hydrogen-bond acceptors (Lipinski definition) is 1. The van der Waals surface area contributed by atoms with Gasteiger partial charge in [-0.25, -0.2) is 4.79 Å². The average molecular weight is 172 g/mol. The molecular formula is C7H12N2OS. The van der Waals surface area contributed by atoms with Gasteiger partial charge in [0.05, 0.1) is 5.03 Å². The number of imidazole rings is 1. The van der Waals surface area contributed by atoms with E-state index in [-0.39, 0.29) is 16.2 Å². The molecule has 1 rings (SSSR count). The van der Waals surface area contributed by atoms with Crippen LogP contribution in [0.5, 0.6) is 0 Å². The Hall–Kier alpha value is -0.770. The summed E-state index contributed by atoms with van der Waals surface area (Å²) in [5.74, 6) is 3.96. The minimum absolute atomic E-state index is 0.101. The molecule has 1 heterocycles. The van der Waals surface area contributed by atoms with Crippen molar-refractivity contribution in [2.24, 2.45) is 0 Å². The lowest BCUT2D eigenvalue weighted by atomic mass is 10.6. The molecule has 0 aliphatic heterocycles. The van der Waals surface area contributed by atoms with E-state index in [0.29, 0.717) is 5.25 Å². The molecule has 3 nitrogen and oxygen atoms in total. The number of rotatable bonds is 2. The van der Waals surface area contributed by atoms with Crippen LogP contribution < -0.4 is 5.69 Å². The molecule has 0 spiro atoms. The van der Waals surface area contributed by atoms with Gasteiger partial charge in [0.15, 0.2) is 0 Å². The molecule has 1 aromatic rings. The quantitative estimate of drug-likeness (QED) is 0.646. The van der Waals surface area contributed by atoms with Crippen molar-refractivity contribution < 1.29 is 0 Å². The number of aromatic amines is 2. The smallest absolute Gasteiger partial charge is 0.312 e. The van der Waals surface area contributed by atoms with Crippen LogP contribution in [0.1, 0.15) is 13.8 Å². The Morgan fingerprint density at radius 2 is 2.27 bits per heavy atom. The van der Waals surface area contributed by atoms with Crippen LogP contribution in [0.4, 0.5) is 0 Å². The van der Waals surface area contributed by atoms with E-state index < -0.39 is 0 Å². The maximum atomic E-state index is 10.7. The van der Waals surface area contributed by atoms with Crippen molar-refractivity contribution in [2.75, 3.05) is 0 Å². The Morgan fingerprint density at radius 3 is 2.64 bits per heavy atom. The van der Waals surface area contributed by atoms with Crippen molar-refractivity contribution >= 4 is 16.4 Å². The van der Waals surface area contributed by atoms with E-state index in [1.165, 1.54) is 0 Å². The summed E-state index contributed by atoms with van der Waals surface area (Å²) in [5.41, 5.74) is -0.151. The molecule has 2 N–H and O–H groups in total. The normalized spacial score (nSPS) is 13.7. The summed E-state index contributed by atoms with van der Waals surface area (Å²) in [6.07, 6.45) is 1.69. The lowest BCUT2D eigenvalue weighted by Gasteiger charge is -2.06. The Kier molecular flexibility index (Phi) is 2.34. The number of aromatic nitrogens is 2. The second-order valence-corrected chi connectivity index (χ2v) is 4.83. The summed E-state index contributed by atoms with van der Waals surface area (Å²) in [4.78, 5) is 15.9. The largest absolute Gasteiger partial charge is 0.323 e. The Bertz CT molecular complexity index is 310. The van der Waals surface area contributed by atoms with Gasteiger partial charge in [0, 0.05) is 6.20 Å². The van der Waals surface area contributed by atoms with Crippen LogP contribution in [0.3, 0.4) is 0 Å². The van der Waals surface area contributed by atoms with Crippen molar-refractivity contribution in [3.63, 3.8) is 0 Å². The average Bonchev–Trinajstić information content (AvgIpc) is 2.34. The van der Waals surface area contributed by atoms with Crippen molar-refractivity contribution in [1.82, 2.24) is 9.97 Å². The zero-order valence-electron chi connectivity index (χ0n) is 6.68. The molecule has 0 radical (unpaired) electrons. The van der Waals surface area contributed by atoms with E-state index in [0.717, 1.165) is 5.03 Å². The first-order chi connectivity index (χ1) is 5.11. The first-order valence-electron chi connectivity index (χ1n) is 3.41. The first-order valence-corrected chi connectivity index (χ1v) is 4.87. The van der Waals surface area contributed by atoms with Gasteiger partial charge in [-0.2, -0.15) is 0 Å². The minimum Gasteiger partial charge on any atom is -0.312 e. The Balaban J connectivity index is 2.94. The van der Waals surface area contributed by atoms with Crippen LogP contribution in [0, 0.1) is 0 Å². The monoisotopic (exact) mass is 172 g/mol. The molecule has 0 aliphatic carbocycles. The molecular weight excluding hydrogens is 160 g/mol. The summed E-state index contributed by atoms with van der Waals surface area (Å²) in [7, 11) is -0.101. The molecule has 0 fully saturated rings. The summed E-state index contributed by atoms with van der Waals surface area (Å²) in [6, 6.07) is 0. The van der Waals surface area contributed by atoms with E-state index in [4.69, 9.17) is 0 Å². The third-order valence-corrected chi connectivity index (χ3v) is 3.35. The summed E-state index contributed by atoms with van der Waals surface area (Å²) in [6.45, 7) is 4.17.